The minimum absolute atomic E-state index is 0.0974. The van der Waals surface area contributed by atoms with Crippen molar-refractivity contribution < 1.29 is 14.3 Å². The van der Waals surface area contributed by atoms with Crippen LogP contribution in [-0.4, -0.2) is 23.1 Å². The van der Waals surface area contributed by atoms with Crippen LogP contribution in [0.1, 0.15) is 12.0 Å². The monoisotopic (exact) mass is 266 g/mol. The molecule has 0 aromatic heterocycles. The molecular weight excluding hydrogens is 252 g/mol. The first-order valence-electron chi connectivity index (χ1n) is 6.25. The van der Waals surface area contributed by atoms with E-state index in [9.17, 15) is 4.79 Å². The molecule has 2 aromatic carbocycles. The topological polar surface area (TPSA) is 62.7 Å². The first kappa shape index (κ1) is 13.7. The Balaban J connectivity index is 2.28. The Morgan fingerprint density at radius 3 is 2.70 bits per heavy atom. The number of fused-ring (bicyclic) bond motifs is 1. The van der Waals surface area contributed by atoms with Crippen LogP contribution in [0.25, 0.3) is 16.3 Å². The fourth-order valence-corrected chi connectivity index (χ4v) is 1.86. The second-order valence-electron chi connectivity index (χ2n) is 4.22. The zero-order valence-corrected chi connectivity index (χ0v) is 11.0. The summed E-state index contributed by atoms with van der Waals surface area (Å²) in [5.74, 6) is -0.648. The van der Waals surface area contributed by atoms with Crippen molar-refractivity contribution in [2.45, 2.75) is 6.42 Å². The van der Waals surface area contributed by atoms with Crippen molar-refractivity contribution in [2.24, 2.45) is 0 Å². The standard InChI is InChI=1S/C16H14N2O2/c1-2-3-10-20-16(19)15(18-17)14-9-8-12-6-4-5-7-13(12)11-14/h2,4-9,11H,1,3,10H2. The van der Waals surface area contributed by atoms with Gasteiger partial charge in [-0.25, -0.2) is 4.79 Å². The summed E-state index contributed by atoms with van der Waals surface area (Å²) >= 11 is 0. The van der Waals surface area contributed by atoms with E-state index in [1.54, 1.807) is 18.2 Å². The molecule has 0 saturated carbocycles. The van der Waals surface area contributed by atoms with Gasteiger partial charge in [-0.1, -0.05) is 36.4 Å². The number of hydrogen-bond donors (Lipinski definition) is 0. The lowest BCUT2D eigenvalue weighted by molar-refractivity contribution is -0.139. The van der Waals surface area contributed by atoms with Gasteiger partial charge in [0.1, 0.15) is 0 Å². The summed E-state index contributed by atoms with van der Waals surface area (Å²) in [6, 6.07) is 13.1. The Labute approximate surface area is 116 Å². The van der Waals surface area contributed by atoms with Crippen LogP contribution in [0.3, 0.4) is 0 Å². The molecule has 0 saturated heterocycles. The van der Waals surface area contributed by atoms with Crippen LogP contribution in [-0.2, 0) is 9.53 Å². The van der Waals surface area contributed by atoms with Gasteiger partial charge in [-0.05, 0) is 29.3 Å². The highest BCUT2D eigenvalue weighted by Gasteiger charge is 2.24. The zero-order chi connectivity index (χ0) is 14.4. The van der Waals surface area contributed by atoms with E-state index in [4.69, 9.17) is 10.3 Å². The summed E-state index contributed by atoms with van der Waals surface area (Å²) in [4.78, 5) is 14.9. The molecule has 20 heavy (non-hydrogen) atoms. The van der Waals surface area contributed by atoms with Crippen LogP contribution < -0.4 is 0 Å². The maximum absolute atomic E-state index is 11.8. The Morgan fingerprint density at radius 2 is 2.00 bits per heavy atom. The molecule has 0 aliphatic carbocycles. The first-order valence-corrected chi connectivity index (χ1v) is 6.25. The molecule has 0 aliphatic rings. The summed E-state index contributed by atoms with van der Waals surface area (Å²) in [6.07, 6.45) is 2.21. The van der Waals surface area contributed by atoms with Gasteiger partial charge in [0, 0.05) is 0 Å². The second kappa shape index (κ2) is 6.45. The highest BCUT2D eigenvalue weighted by molar-refractivity contribution is 6.41. The third kappa shape index (κ3) is 2.99. The van der Waals surface area contributed by atoms with Gasteiger partial charge in [0.25, 0.3) is 0 Å². The Kier molecular flexibility index (Phi) is 4.43. The van der Waals surface area contributed by atoms with E-state index in [2.05, 4.69) is 11.4 Å². The van der Waals surface area contributed by atoms with Crippen molar-refractivity contribution in [2.75, 3.05) is 6.61 Å². The lowest BCUT2D eigenvalue weighted by Crippen LogP contribution is -2.20. The van der Waals surface area contributed by atoms with E-state index in [-0.39, 0.29) is 12.3 Å². The molecule has 4 heteroatoms. The van der Waals surface area contributed by atoms with Crippen molar-refractivity contribution in [1.82, 2.24) is 0 Å². The molecule has 0 bridgehead atoms. The lowest BCUT2D eigenvalue weighted by Gasteiger charge is -2.01. The summed E-state index contributed by atoms with van der Waals surface area (Å²) in [5, 5.41) is 2.01. The predicted molar refractivity (Wildman–Crippen MR) is 77.4 cm³/mol. The van der Waals surface area contributed by atoms with Gasteiger partial charge in [0.15, 0.2) is 0 Å². The number of rotatable bonds is 5. The van der Waals surface area contributed by atoms with Gasteiger partial charge < -0.3 is 10.3 Å². The minimum Gasteiger partial charge on any atom is -0.456 e. The third-order valence-corrected chi connectivity index (χ3v) is 2.87. The number of esters is 1. The molecule has 0 amide bonds. The molecule has 0 unspecified atom stereocenters. The van der Waals surface area contributed by atoms with Gasteiger partial charge in [0.2, 0.25) is 0 Å². The largest absolute Gasteiger partial charge is 0.456 e. The maximum atomic E-state index is 11.8. The number of hydrogen-bond acceptors (Lipinski definition) is 2. The SMILES string of the molecule is C=CCCOC(=O)C(=[N+]=[N-])c1ccc2ccccc2c1. The van der Waals surface area contributed by atoms with E-state index in [1.165, 1.54) is 0 Å². The van der Waals surface area contributed by atoms with E-state index >= 15 is 0 Å². The predicted octanol–water partition coefficient (Wildman–Crippen LogP) is 2.98. The normalized spacial score (nSPS) is 9.80. The van der Waals surface area contributed by atoms with Gasteiger partial charge in [-0.3, -0.25) is 0 Å². The van der Waals surface area contributed by atoms with Crippen LogP contribution >= 0.6 is 0 Å². The van der Waals surface area contributed by atoms with Crippen LogP contribution in [0.5, 0.6) is 0 Å². The number of nitrogens with zero attached hydrogens (tertiary/aromatic N) is 2. The highest BCUT2D eigenvalue weighted by Crippen LogP contribution is 2.16. The average Bonchev–Trinajstić information content (AvgIpc) is 2.48. The molecule has 0 N–H and O–H groups in total. The second-order valence-corrected chi connectivity index (χ2v) is 4.22. The highest BCUT2D eigenvalue weighted by atomic mass is 16.5. The van der Waals surface area contributed by atoms with E-state index in [0.29, 0.717) is 12.0 Å². The third-order valence-electron chi connectivity index (χ3n) is 2.87. The van der Waals surface area contributed by atoms with Crippen molar-refractivity contribution >= 4 is 22.5 Å². The van der Waals surface area contributed by atoms with Crippen molar-refractivity contribution in [3.05, 3.63) is 66.2 Å². The maximum Gasteiger partial charge on any atom is 0.422 e. The zero-order valence-electron chi connectivity index (χ0n) is 11.0. The van der Waals surface area contributed by atoms with Gasteiger partial charge in [-0.15, -0.1) is 6.58 Å². The quantitative estimate of drug-likeness (QED) is 0.208. The molecule has 0 radical (unpaired) electrons. The van der Waals surface area contributed by atoms with Crippen molar-refractivity contribution in [3.63, 3.8) is 0 Å². The minimum atomic E-state index is -0.648. The van der Waals surface area contributed by atoms with Crippen LogP contribution in [0.2, 0.25) is 0 Å². The fourth-order valence-electron chi connectivity index (χ4n) is 1.86. The van der Waals surface area contributed by atoms with Gasteiger partial charge >= 0.3 is 11.7 Å². The molecule has 0 fully saturated rings. The molecule has 0 atom stereocenters. The summed E-state index contributed by atoms with van der Waals surface area (Å²) in [6.45, 7) is 3.76. The summed E-state index contributed by atoms with van der Waals surface area (Å²) in [7, 11) is 0. The smallest absolute Gasteiger partial charge is 0.422 e. The first-order chi connectivity index (χ1) is 9.76. The van der Waals surface area contributed by atoms with E-state index in [1.807, 2.05) is 30.3 Å². The molecule has 2 aromatic rings. The van der Waals surface area contributed by atoms with Crippen LogP contribution in [0.4, 0.5) is 0 Å². The van der Waals surface area contributed by atoms with Crippen LogP contribution in [0, 0.1) is 0 Å². The van der Waals surface area contributed by atoms with E-state index < -0.39 is 5.97 Å². The molecule has 0 aliphatic heterocycles. The summed E-state index contributed by atoms with van der Waals surface area (Å²) in [5.41, 5.74) is 9.47. The molecular formula is C16H14N2O2. The van der Waals surface area contributed by atoms with Gasteiger partial charge in [0.05, 0.1) is 12.2 Å². The Morgan fingerprint density at radius 1 is 1.25 bits per heavy atom. The fraction of sp³-hybridized carbons (Fsp3) is 0.125. The number of ether oxygens (including phenoxy) is 1. The molecule has 4 nitrogen and oxygen atoms in total. The molecule has 0 spiro atoms. The molecule has 100 valence electrons. The van der Waals surface area contributed by atoms with Crippen LogP contribution in [0.15, 0.2) is 55.1 Å². The van der Waals surface area contributed by atoms with Crippen molar-refractivity contribution in [3.8, 4) is 0 Å². The average molecular weight is 266 g/mol. The van der Waals surface area contributed by atoms with E-state index in [0.717, 1.165) is 10.8 Å². The Hall–Kier alpha value is -2.71. The lowest BCUT2D eigenvalue weighted by atomic mass is 10.0. The number of carbonyl (C=O) groups excluding carboxylic acids is 1. The number of benzene rings is 2. The Bertz CT molecular complexity index is 700. The van der Waals surface area contributed by atoms with Gasteiger partial charge in [-0.2, -0.15) is 4.79 Å². The van der Waals surface area contributed by atoms with Crippen molar-refractivity contribution in [1.29, 1.82) is 0 Å². The molecule has 2 rings (SSSR count). The number of carbonyl (C=O) groups is 1. The summed E-state index contributed by atoms with van der Waals surface area (Å²) < 4.78 is 5.00. The molecule has 0 heterocycles.